The van der Waals surface area contributed by atoms with Gasteiger partial charge in [0, 0.05) is 25.9 Å². The average Bonchev–Trinajstić information content (AvgIpc) is 2.39. The highest BCUT2D eigenvalue weighted by Gasteiger charge is 2.23. The summed E-state index contributed by atoms with van der Waals surface area (Å²) in [6, 6.07) is 4.95. The summed E-state index contributed by atoms with van der Waals surface area (Å²) in [5, 5.41) is 9.26. The van der Waals surface area contributed by atoms with Gasteiger partial charge in [0.15, 0.2) is 0 Å². The first-order valence-electron chi connectivity index (χ1n) is 6.48. The Hall–Kier alpha value is -1.75. The SMILES string of the molecule is COCC1CCCN(c2cc(N)ccc2C(=O)O)C1. The first-order chi connectivity index (χ1) is 9.11. The molecule has 0 amide bonds. The molecule has 104 valence electrons. The van der Waals surface area contributed by atoms with Crippen molar-refractivity contribution in [2.75, 3.05) is 37.4 Å². The van der Waals surface area contributed by atoms with Gasteiger partial charge in [0.25, 0.3) is 0 Å². The Morgan fingerprint density at radius 3 is 3.05 bits per heavy atom. The number of nitrogens with two attached hydrogens (primary N) is 1. The number of hydrogen-bond donors (Lipinski definition) is 2. The van der Waals surface area contributed by atoms with Gasteiger partial charge in [-0.25, -0.2) is 4.79 Å². The van der Waals surface area contributed by atoms with Crippen molar-refractivity contribution in [2.24, 2.45) is 5.92 Å². The number of hydrogen-bond acceptors (Lipinski definition) is 4. The number of aromatic carboxylic acids is 1. The molecule has 5 nitrogen and oxygen atoms in total. The Morgan fingerprint density at radius 1 is 1.58 bits per heavy atom. The highest BCUT2D eigenvalue weighted by atomic mass is 16.5. The van der Waals surface area contributed by atoms with Gasteiger partial charge >= 0.3 is 5.97 Å². The maximum atomic E-state index is 11.3. The highest BCUT2D eigenvalue weighted by molar-refractivity contribution is 5.95. The zero-order valence-electron chi connectivity index (χ0n) is 11.1. The molecule has 5 heteroatoms. The van der Waals surface area contributed by atoms with Crippen molar-refractivity contribution in [2.45, 2.75) is 12.8 Å². The van der Waals surface area contributed by atoms with Crippen LogP contribution in [-0.4, -0.2) is 37.9 Å². The van der Waals surface area contributed by atoms with Crippen LogP contribution in [0, 0.1) is 5.92 Å². The second-order valence-electron chi connectivity index (χ2n) is 4.99. The molecule has 1 atom stereocenters. The van der Waals surface area contributed by atoms with Crippen LogP contribution in [0.1, 0.15) is 23.2 Å². The summed E-state index contributed by atoms with van der Waals surface area (Å²) in [7, 11) is 1.70. The van der Waals surface area contributed by atoms with Crippen molar-refractivity contribution in [1.82, 2.24) is 0 Å². The molecule has 1 aliphatic heterocycles. The van der Waals surface area contributed by atoms with Crippen molar-refractivity contribution in [1.29, 1.82) is 0 Å². The molecule has 0 radical (unpaired) electrons. The maximum absolute atomic E-state index is 11.3. The minimum Gasteiger partial charge on any atom is -0.478 e. The van der Waals surface area contributed by atoms with Crippen LogP contribution >= 0.6 is 0 Å². The summed E-state index contributed by atoms with van der Waals surface area (Å²) in [5.41, 5.74) is 7.40. The van der Waals surface area contributed by atoms with E-state index in [-0.39, 0.29) is 0 Å². The summed E-state index contributed by atoms with van der Waals surface area (Å²) < 4.78 is 5.20. The zero-order valence-corrected chi connectivity index (χ0v) is 11.1. The fourth-order valence-corrected chi connectivity index (χ4v) is 2.65. The molecule has 1 unspecified atom stereocenters. The number of ether oxygens (including phenoxy) is 1. The van der Waals surface area contributed by atoms with Gasteiger partial charge in [-0.2, -0.15) is 0 Å². The average molecular weight is 264 g/mol. The van der Waals surface area contributed by atoms with Crippen LogP contribution in [0.3, 0.4) is 0 Å². The van der Waals surface area contributed by atoms with Crippen molar-refractivity contribution in [3.63, 3.8) is 0 Å². The van der Waals surface area contributed by atoms with E-state index < -0.39 is 5.97 Å². The Morgan fingerprint density at radius 2 is 2.37 bits per heavy atom. The van der Waals surface area contributed by atoms with Crippen LogP contribution in [0.5, 0.6) is 0 Å². The van der Waals surface area contributed by atoms with Gasteiger partial charge in [0.1, 0.15) is 0 Å². The second-order valence-corrected chi connectivity index (χ2v) is 4.99. The summed E-state index contributed by atoms with van der Waals surface area (Å²) in [6.07, 6.45) is 2.16. The lowest BCUT2D eigenvalue weighted by atomic mass is 9.97. The first kappa shape index (κ1) is 13.7. The lowest BCUT2D eigenvalue weighted by Crippen LogP contribution is -2.38. The topological polar surface area (TPSA) is 75.8 Å². The van der Waals surface area contributed by atoms with Crippen LogP contribution in [0.2, 0.25) is 0 Å². The number of carboxylic acid groups (broad SMARTS) is 1. The summed E-state index contributed by atoms with van der Waals surface area (Å²) in [4.78, 5) is 13.4. The van der Waals surface area contributed by atoms with Crippen molar-refractivity contribution < 1.29 is 14.6 Å². The molecule has 19 heavy (non-hydrogen) atoms. The minimum atomic E-state index is -0.913. The van der Waals surface area contributed by atoms with Crippen molar-refractivity contribution >= 4 is 17.3 Å². The van der Waals surface area contributed by atoms with E-state index in [2.05, 4.69) is 4.90 Å². The molecule has 1 aromatic rings. The molecule has 2 rings (SSSR count). The Kier molecular flexibility index (Phi) is 4.27. The van der Waals surface area contributed by atoms with Gasteiger partial charge < -0.3 is 20.5 Å². The number of carboxylic acids is 1. The van der Waals surface area contributed by atoms with Crippen LogP contribution in [0.25, 0.3) is 0 Å². The molecule has 1 aromatic carbocycles. The fraction of sp³-hybridized carbons (Fsp3) is 0.500. The normalized spacial score (nSPS) is 19.4. The van der Waals surface area contributed by atoms with Crippen LogP contribution < -0.4 is 10.6 Å². The van der Waals surface area contributed by atoms with Crippen molar-refractivity contribution in [3.8, 4) is 0 Å². The van der Waals surface area contributed by atoms with E-state index in [1.165, 1.54) is 0 Å². The maximum Gasteiger partial charge on any atom is 0.337 e. The predicted octanol–water partition coefficient (Wildman–Crippen LogP) is 1.83. The number of nitrogen functional groups attached to an aromatic ring is 1. The number of carbonyl (C=O) groups is 1. The molecule has 1 heterocycles. The monoisotopic (exact) mass is 264 g/mol. The van der Waals surface area contributed by atoms with Gasteiger partial charge in [-0.1, -0.05) is 0 Å². The lowest BCUT2D eigenvalue weighted by molar-refractivity contribution is 0.0697. The fourth-order valence-electron chi connectivity index (χ4n) is 2.65. The predicted molar refractivity (Wildman–Crippen MR) is 74.6 cm³/mol. The molecule has 0 saturated carbocycles. The lowest BCUT2D eigenvalue weighted by Gasteiger charge is -2.35. The highest BCUT2D eigenvalue weighted by Crippen LogP contribution is 2.28. The van der Waals surface area contributed by atoms with E-state index in [0.717, 1.165) is 25.9 Å². The number of nitrogens with zero attached hydrogens (tertiary/aromatic N) is 1. The molecule has 0 aliphatic carbocycles. The van der Waals surface area contributed by atoms with E-state index >= 15 is 0 Å². The van der Waals surface area contributed by atoms with E-state index in [0.29, 0.717) is 29.5 Å². The van der Waals surface area contributed by atoms with Crippen LogP contribution in [0.15, 0.2) is 18.2 Å². The minimum absolute atomic E-state index is 0.312. The Balaban J connectivity index is 2.24. The number of rotatable bonds is 4. The first-order valence-corrected chi connectivity index (χ1v) is 6.48. The Bertz CT molecular complexity index is 460. The number of piperidine rings is 1. The van der Waals surface area contributed by atoms with E-state index in [1.54, 1.807) is 25.3 Å². The van der Waals surface area contributed by atoms with E-state index in [9.17, 15) is 9.90 Å². The molecule has 1 fully saturated rings. The van der Waals surface area contributed by atoms with Crippen LogP contribution in [0.4, 0.5) is 11.4 Å². The third-order valence-electron chi connectivity index (χ3n) is 3.51. The summed E-state index contributed by atoms with van der Waals surface area (Å²) >= 11 is 0. The number of methoxy groups -OCH3 is 1. The van der Waals surface area contributed by atoms with Gasteiger partial charge in [0.05, 0.1) is 17.9 Å². The number of benzene rings is 1. The molecular weight excluding hydrogens is 244 g/mol. The van der Waals surface area contributed by atoms with E-state index in [1.807, 2.05) is 0 Å². The Labute approximate surface area is 113 Å². The summed E-state index contributed by atoms with van der Waals surface area (Å²) in [5.74, 6) is -0.467. The molecule has 3 N–H and O–H groups in total. The standard InChI is InChI=1S/C14H20N2O3/c1-19-9-10-3-2-6-16(8-10)13-7-11(15)4-5-12(13)14(17)18/h4-5,7,10H,2-3,6,8-9,15H2,1H3,(H,17,18). The third kappa shape index (κ3) is 3.17. The largest absolute Gasteiger partial charge is 0.478 e. The molecule has 0 aromatic heterocycles. The van der Waals surface area contributed by atoms with E-state index in [4.69, 9.17) is 10.5 Å². The molecule has 1 aliphatic rings. The van der Waals surface area contributed by atoms with Gasteiger partial charge in [-0.3, -0.25) is 0 Å². The van der Waals surface area contributed by atoms with Crippen LogP contribution in [-0.2, 0) is 4.74 Å². The third-order valence-corrected chi connectivity index (χ3v) is 3.51. The smallest absolute Gasteiger partial charge is 0.337 e. The zero-order chi connectivity index (χ0) is 13.8. The molecule has 0 bridgehead atoms. The van der Waals surface area contributed by atoms with Crippen molar-refractivity contribution in [3.05, 3.63) is 23.8 Å². The van der Waals surface area contributed by atoms with Gasteiger partial charge in [-0.15, -0.1) is 0 Å². The number of anilines is 2. The van der Waals surface area contributed by atoms with Gasteiger partial charge in [0.2, 0.25) is 0 Å². The summed E-state index contributed by atoms with van der Waals surface area (Å²) in [6.45, 7) is 2.39. The molecule has 0 spiro atoms. The molecule has 1 saturated heterocycles. The second kappa shape index (κ2) is 5.93. The quantitative estimate of drug-likeness (QED) is 0.811. The molecular formula is C14H20N2O3. The van der Waals surface area contributed by atoms with Gasteiger partial charge in [-0.05, 0) is 37.0 Å².